The monoisotopic (exact) mass is 222 g/mol. The number of hydrogen-bond acceptors (Lipinski definition) is 2. The van der Waals surface area contributed by atoms with Crippen molar-refractivity contribution >= 4 is 22.6 Å². The molecular weight excluding hydrogens is 212 g/mol. The Morgan fingerprint density at radius 3 is 2.80 bits per heavy atom. The minimum atomic E-state index is -0.319. The van der Waals surface area contributed by atoms with E-state index in [2.05, 4.69) is 0 Å². The third kappa shape index (κ3) is 1.77. The van der Waals surface area contributed by atoms with E-state index in [0.29, 0.717) is 22.6 Å². The average molecular weight is 223 g/mol. The van der Waals surface area contributed by atoms with Gasteiger partial charge in [-0.15, -0.1) is 0 Å². The first kappa shape index (κ1) is 10.2. The lowest BCUT2D eigenvalue weighted by molar-refractivity contribution is 0.549. The first-order valence-electron chi connectivity index (χ1n) is 4.94. The summed E-state index contributed by atoms with van der Waals surface area (Å²) in [6, 6.07) is 7.31. The Bertz CT molecular complexity index is 543. The van der Waals surface area contributed by atoms with Crippen LogP contribution in [0.4, 0.5) is 0 Å². The van der Waals surface area contributed by atoms with Crippen LogP contribution in [0.1, 0.15) is 18.9 Å². The maximum Gasteiger partial charge on any atom is 0.340 e. The average Bonchev–Trinajstić information content (AvgIpc) is 2.24. The fourth-order valence-electron chi connectivity index (χ4n) is 1.61. The van der Waals surface area contributed by atoms with Crippen LogP contribution in [0.25, 0.3) is 11.0 Å². The van der Waals surface area contributed by atoms with Crippen LogP contribution >= 0.6 is 11.6 Å². The van der Waals surface area contributed by atoms with E-state index in [0.717, 1.165) is 11.8 Å². The number of rotatable bonds is 2. The molecule has 0 aliphatic rings. The van der Waals surface area contributed by atoms with Gasteiger partial charge in [-0.05, 0) is 18.6 Å². The summed E-state index contributed by atoms with van der Waals surface area (Å²) in [5.41, 5.74) is 0.811. The van der Waals surface area contributed by atoms with Crippen molar-refractivity contribution in [2.24, 2.45) is 0 Å². The Morgan fingerprint density at radius 2 is 2.07 bits per heavy atom. The Hall–Kier alpha value is -1.28. The van der Waals surface area contributed by atoms with Gasteiger partial charge in [0.1, 0.15) is 5.58 Å². The van der Waals surface area contributed by atoms with Gasteiger partial charge in [0.25, 0.3) is 0 Å². The van der Waals surface area contributed by atoms with E-state index < -0.39 is 0 Å². The van der Waals surface area contributed by atoms with Gasteiger partial charge >= 0.3 is 5.63 Å². The third-order valence-corrected chi connectivity index (χ3v) is 2.77. The summed E-state index contributed by atoms with van der Waals surface area (Å²) in [6.45, 7) is 2.00. The first-order valence-corrected chi connectivity index (χ1v) is 5.32. The van der Waals surface area contributed by atoms with Crippen molar-refractivity contribution in [2.75, 3.05) is 0 Å². The van der Waals surface area contributed by atoms with Crippen LogP contribution in [0.3, 0.4) is 0 Å². The molecule has 0 saturated carbocycles. The van der Waals surface area contributed by atoms with E-state index in [9.17, 15) is 4.79 Å². The summed E-state index contributed by atoms with van der Waals surface area (Å²) in [5, 5.41) is 1.34. The normalized spacial score (nSPS) is 10.8. The van der Waals surface area contributed by atoms with Crippen molar-refractivity contribution in [3.8, 4) is 0 Å². The summed E-state index contributed by atoms with van der Waals surface area (Å²) < 4.78 is 5.19. The minimum Gasteiger partial charge on any atom is -0.422 e. The predicted octanol–water partition coefficient (Wildman–Crippen LogP) is 3.40. The van der Waals surface area contributed by atoms with Gasteiger partial charge < -0.3 is 4.42 Å². The highest BCUT2D eigenvalue weighted by molar-refractivity contribution is 6.35. The summed E-state index contributed by atoms with van der Waals surface area (Å²) in [4.78, 5) is 11.6. The zero-order valence-corrected chi connectivity index (χ0v) is 9.17. The van der Waals surface area contributed by atoms with E-state index in [1.807, 2.05) is 25.1 Å². The van der Waals surface area contributed by atoms with E-state index in [4.69, 9.17) is 16.0 Å². The van der Waals surface area contributed by atoms with Gasteiger partial charge in [-0.2, -0.15) is 0 Å². The fraction of sp³-hybridized carbons (Fsp3) is 0.250. The molecule has 15 heavy (non-hydrogen) atoms. The van der Waals surface area contributed by atoms with E-state index in [1.165, 1.54) is 0 Å². The third-order valence-electron chi connectivity index (χ3n) is 2.34. The molecular formula is C12H11ClO2. The van der Waals surface area contributed by atoms with Crippen molar-refractivity contribution in [3.63, 3.8) is 0 Å². The summed E-state index contributed by atoms with van der Waals surface area (Å²) in [7, 11) is 0. The molecule has 0 bridgehead atoms. The molecule has 0 aliphatic heterocycles. The molecule has 0 unspecified atom stereocenters. The maximum atomic E-state index is 11.6. The highest BCUT2D eigenvalue weighted by atomic mass is 35.5. The zero-order chi connectivity index (χ0) is 10.8. The smallest absolute Gasteiger partial charge is 0.340 e. The van der Waals surface area contributed by atoms with Crippen LogP contribution in [0, 0.1) is 0 Å². The molecule has 0 N–H and O–H groups in total. The largest absolute Gasteiger partial charge is 0.422 e. The van der Waals surface area contributed by atoms with Crippen molar-refractivity contribution in [3.05, 3.63) is 45.3 Å². The Labute approximate surface area is 92.5 Å². The standard InChI is InChI=1S/C12H11ClO2/c1-2-5-9-11(13)8-6-3-4-7-10(8)15-12(9)14/h3-4,6-7H,2,5H2,1H3. The van der Waals surface area contributed by atoms with Gasteiger partial charge in [-0.1, -0.05) is 37.1 Å². The summed E-state index contributed by atoms with van der Waals surface area (Å²) in [6.07, 6.45) is 1.54. The number of fused-ring (bicyclic) bond motifs is 1. The van der Waals surface area contributed by atoms with Crippen molar-refractivity contribution < 1.29 is 4.42 Å². The van der Waals surface area contributed by atoms with Gasteiger partial charge in [-0.3, -0.25) is 0 Å². The highest BCUT2D eigenvalue weighted by Crippen LogP contribution is 2.25. The van der Waals surface area contributed by atoms with Crippen LogP contribution in [-0.4, -0.2) is 0 Å². The molecule has 1 heterocycles. The lowest BCUT2D eigenvalue weighted by Gasteiger charge is -2.03. The first-order chi connectivity index (χ1) is 7.24. The molecule has 0 amide bonds. The molecule has 2 rings (SSSR count). The van der Waals surface area contributed by atoms with Crippen LogP contribution < -0.4 is 5.63 Å². The van der Waals surface area contributed by atoms with Crippen molar-refractivity contribution in [1.29, 1.82) is 0 Å². The summed E-state index contributed by atoms with van der Waals surface area (Å²) in [5.74, 6) is 0. The molecule has 0 aliphatic carbocycles. The summed E-state index contributed by atoms with van der Waals surface area (Å²) >= 11 is 6.17. The van der Waals surface area contributed by atoms with Crippen LogP contribution in [-0.2, 0) is 6.42 Å². The van der Waals surface area contributed by atoms with Crippen LogP contribution in [0.2, 0.25) is 5.02 Å². The predicted molar refractivity (Wildman–Crippen MR) is 61.5 cm³/mol. The molecule has 78 valence electrons. The van der Waals surface area contributed by atoms with Gasteiger partial charge in [-0.25, -0.2) is 4.79 Å². The quantitative estimate of drug-likeness (QED) is 0.729. The molecule has 1 aromatic heterocycles. The molecule has 0 spiro atoms. The van der Waals surface area contributed by atoms with Crippen molar-refractivity contribution in [1.82, 2.24) is 0 Å². The molecule has 0 saturated heterocycles. The van der Waals surface area contributed by atoms with Crippen molar-refractivity contribution in [2.45, 2.75) is 19.8 Å². The van der Waals surface area contributed by atoms with Crippen LogP contribution in [0.15, 0.2) is 33.5 Å². The number of hydrogen-bond donors (Lipinski definition) is 0. The second kappa shape index (κ2) is 4.07. The molecule has 2 nitrogen and oxygen atoms in total. The second-order valence-electron chi connectivity index (χ2n) is 3.43. The van der Waals surface area contributed by atoms with Gasteiger partial charge in [0.15, 0.2) is 0 Å². The van der Waals surface area contributed by atoms with Gasteiger partial charge in [0.2, 0.25) is 0 Å². The minimum absolute atomic E-state index is 0.319. The Kier molecular flexibility index (Phi) is 2.78. The maximum absolute atomic E-state index is 11.6. The van der Waals surface area contributed by atoms with E-state index in [-0.39, 0.29) is 5.63 Å². The SMILES string of the molecule is CCCc1c(Cl)c2ccccc2oc1=O. The number of benzene rings is 1. The Balaban J connectivity index is 2.78. The molecule has 0 radical (unpaired) electrons. The molecule has 2 aromatic rings. The lowest BCUT2D eigenvalue weighted by Crippen LogP contribution is -2.08. The topological polar surface area (TPSA) is 30.2 Å². The van der Waals surface area contributed by atoms with E-state index >= 15 is 0 Å². The fourth-order valence-corrected chi connectivity index (χ4v) is 1.94. The van der Waals surface area contributed by atoms with E-state index in [1.54, 1.807) is 6.07 Å². The highest BCUT2D eigenvalue weighted by Gasteiger charge is 2.11. The second-order valence-corrected chi connectivity index (χ2v) is 3.81. The molecule has 0 fully saturated rings. The van der Waals surface area contributed by atoms with Gasteiger partial charge in [0, 0.05) is 5.39 Å². The molecule has 1 aromatic carbocycles. The molecule has 3 heteroatoms. The van der Waals surface area contributed by atoms with Crippen LogP contribution in [0.5, 0.6) is 0 Å². The number of para-hydroxylation sites is 1. The lowest BCUT2D eigenvalue weighted by atomic mass is 10.1. The van der Waals surface area contributed by atoms with Gasteiger partial charge in [0.05, 0.1) is 10.6 Å². The Morgan fingerprint density at radius 1 is 1.33 bits per heavy atom. The zero-order valence-electron chi connectivity index (χ0n) is 8.42. The molecule has 0 atom stereocenters. The number of halogens is 1.